The molecule has 0 bridgehead atoms. The molecule has 0 nitrogen and oxygen atoms in total. The van der Waals surface area contributed by atoms with E-state index in [0.29, 0.717) is 0 Å². The number of allylic oxidation sites excluding steroid dienone is 4. The Morgan fingerprint density at radius 3 is 2.14 bits per heavy atom. The summed E-state index contributed by atoms with van der Waals surface area (Å²) in [7, 11) is 0. The average Bonchev–Trinajstić information content (AvgIpc) is 3.47. The van der Waals surface area contributed by atoms with Crippen molar-refractivity contribution in [2.45, 2.75) is 33.6 Å². The number of hydrogen-bond donors (Lipinski definition) is 0. The molecule has 0 aliphatic heterocycles. The molecule has 3 aromatic carbocycles. The van der Waals surface area contributed by atoms with Crippen molar-refractivity contribution in [1.29, 1.82) is 0 Å². The second-order valence-corrected chi connectivity index (χ2v) is 16.0. The van der Waals surface area contributed by atoms with Crippen LogP contribution in [0.5, 0.6) is 0 Å². The van der Waals surface area contributed by atoms with Crippen LogP contribution in [0.25, 0.3) is 23.3 Å². The van der Waals surface area contributed by atoms with Crippen LogP contribution < -0.4 is 28.1 Å². The van der Waals surface area contributed by atoms with Gasteiger partial charge in [0.15, 0.2) is 0 Å². The van der Waals surface area contributed by atoms with Crippen molar-refractivity contribution in [3.8, 4) is 11.1 Å². The van der Waals surface area contributed by atoms with Gasteiger partial charge >= 0.3 is 213 Å². The van der Waals surface area contributed by atoms with Crippen LogP contribution in [0.1, 0.15) is 55.0 Å². The predicted octanol–water partition coefficient (Wildman–Crippen LogP) is 1.91. The van der Waals surface area contributed by atoms with Crippen LogP contribution in [0.3, 0.4) is 0 Å². The number of halogens is 2. The number of fused-ring (bicyclic) bond motifs is 3. The molecule has 3 heteroatoms. The van der Waals surface area contributed by atoms with Crippen LogP contribution >= 0.6 is 0 Å². The maximum absolute atomic E-state index is 4.14. The summed E-state index contributed by atoms with van der Waals surface area (Å²) < 4.78 is 5.92. The third-order valence-electron chi connectivity index (χ3n) is 7.02. The molecule has 0 fully saturated rings. The maximum atomic E-state index is 4.14. The zero-order valence-corrected chi connectivity index (χ0v) is 25.2. The van der Waals surface area contributed by atoms with Crippen LogP contribution in [-0.4, -0.2) is 3.71 Å². The van der Waals surface area contributed by atoms with E-state index in [-0.39, 0.29) is 30.2 Å². The predicted molar refractivity (Wildman–Crippen MR) is 146 cm³/mol. The Labute approximate surface area is 236 Å². The van der Waals surface area contributed by atoms with Gasteiger partial charge in [-0.1, -0.05) is 0 Å². The first-order valence-electron chi connectivity index (χ1n) is 12.1. The first-order valence-corrected chi connectivity index (χ1v) is 16.0. The molecule has 0 unspecified atom stereocenters. The number of hydrogen-bond acceptors (Lipinski definition) is 0. The van der Waals surface area contributed by atoms with Crippen molar-refractivity contribution >= 4 is 19.1 Å². The third-order valence-corrected chi connectivity index (χ3v) is 13.6. The maximum Gasteiger partial charge on any atom is -1.00 e. The van der Waals surface area contributed by atoms with Crippen molar-refractivity contribution in [2.75, 3.05) is 0 Å². The van der Waals surface area contributed by atoms with Gasteiger partial charge in [0.1, 0.15) is 0 Å². The van der Waals surface area contributed by atoms with Crippen LogP contribution in [0.2, 0.25) is 0 Å². The minimum absolute atomic E-state index is 0. The monoisotopic (exact) mass is 588 g/mol. The van der Waals surface area contributed by atoms with Crippen LogP contribution in [0.15, 0.2) is 94.8 Å². The van der Waals surface area contributed by atoms with E-state index in [9.17, 15) is 0 Å². The van der Waals surface area contributed by atoms with Gasteiger partial charge in [0.2, 0.25) is 0 Å². The molecule has 0 atom stereocenters. The molecule has 3 aromatic rings. The molecule has 0 saturated carbocycles. The summed E-state index contributed by atoms with van der Waals surface area (Å²) in [6, 6.07) is 22.5. The molecule has 182 valence electrons. The SMILES string of the molecule is C=Cc1ccc2c(c1)-c1cc(C=C)c[c](/[Zr+2](=[CH]\c3ccccc3)[C]3=CC(C(C)(C)C)=CC3)c1C2.[Cl-].[Cl-]. The fourth-order valence-electron chi connectivity index (χ4n) is 5.09. The summed E-state index contributed by atoms with van der Waals surface area (Å²) in [5.74, 6) is 0. The topological polar surface area (TPSA) is 0 Å². The Hall–Kier alpha value is -2.05. The van der Waals surface area contributed by atoms with E-state index >= 15 is 0 Å². The second kappa shape index (κ2) is 11.6. The fraction of sp³-hybridized carbons (Fsp3) is 0.182. The van der Waals surface area contributed by atoms with Crippen molar-refractivity contribution in [3.05, 3.63) is 123 Å². The summed E-state index contributed by atoms with van der Waals surface area (Å²) in [6.45, 7) is 15.1. The molecule has 0 saturated heterocycles. The van der Waals surface area contributed by atoms with E-state index in [1.165, 1.54) is 44.5 Å². The summed E-state index contributed by atoms with van der Waals surface area (Å²) >= 11 is -2.36. The molecule has 0 radical (unpaired) electrons. The van der Waals surface area contributed by atoms with E-state index in [1.54, 1.807) is 6.55 Å². The number of benzene rings is 3. The molecule has 0 spiro atoms. The quantitative estimate of drug-likeness (QED) is 0.333. The third kappa shape index (κ3) is 5.60. The Morgan fingerprint density at radius 2 is 1.50 bits per heavy atom. The van der Waals surface area contributed by atoms with Gasteiger partial charge in [-0.15, -0.1) is 0 Å². The molecule has 0 aromatic heterocycles. The smallest absolute Gasteiger partial charge is 1.00 e. The molecular formula is C33H32Cl2Zr. The van der Waals surface area contributed by atoms with Crippen LogP contribution in [0, 0.1) is 5.41 Å². The van der Waals surface area contributed by atoms with Crippen LogP contribution in [-0.2, 0) is 27.7 Å². The molecule has 2 aliphatic rings. The largest absolute Gasteiger partial charge is 1.00 e. The molecule has 2 aliphatic carbocycles. The van der Waals surface area contributed by atoms with Gasteiger partial charge in [-0.05, 0) is 0 Å². The summed E-state index contributed by atoms with van der Waals surface area (Å²) in [5, 5.41) is 0. The Morgan fingerprint density at radius 1 is 0.806 bits per heavy atom. The van der Waals surface area contributed by atoms with Gasteiger partial charge in [0.25, 0.3) is 0 Å². The van der Waals surface area contributed by atoms with Crippen LogP contribution in [0.4, 0.5) is 0 Å². The molecule has 0 N–H and O–H groups in total. The second-order valence-electron chi connectivity index (χ2n) is 10.3. The average molecular weight is 591 g/mol. The Bertz CT molecular complexity index is 1400. The van der Waals surface area contributed by atoms with Gasteiger partial charge in [-0.2, -0.15) is 0 Å². The molecule has 36 heavy (non-hydrogen) atoms. The molecule has 0 heterocycles. The first-order chi connectivity index (χ1) is 16.4. The van der Waals surface area contributed by atoms with Crippen molar-refractivity contribution < 1.29 is 46.1 Å². The van der Waals surface area contributed by atoms with Crippen molar-refractivity contribution in [3.63, 3.8) is 0 Å². The van der Waals surface area contributed by atoms with E-state index in [4.69, 9.17) is 0 Å². The first kappa shape index (κ1) is 28.5. The minimum Gasteiger partial charge on any atom is -1.00 e. The molecular weight excluding hydrogens is 558 g/mol. The normalized spacial score (nSPS) is 13.5. The van der Waals surface area contributed by atoms with E-state index < -0.39 is 21.3 Å². The zero-order valence-electron chi connectivity index (χ0n) is 21.2. The summed E-state index contributed by atoms with van der Waals surface area (Å²) in [5.41, 5.74) is 11.2. The minimum atomic E-state index is -2.36. The summed E-state index contributed by atoms with van der Waals surface area (Å²) in [6.07, 6.45) is 11.1. The van der Waals surface area contributed by atoms with Gasteiger partial charge in [0, 0.05) is 0 Å². The zero-order chi connectivity index (χ0) is 23.9. The Balaban J connectivity index is 0.00000180. The Kier molecular flexibility index (Phi) is 9.16. The van der Waals surface area contributed by atoms with Gasteiger partial charge in [-0.25, -0.2) is 0 Å². The summed E-state index contributed by atoms with van der Waals surface area (Å²) in [4.78, 5) is 0. The van der Waals surface area contributed by atoms with E-state index in [2.05, 4.69) is 110 Å². The van der Waals surface area contributed by atoms with Gasteiger partial charge in [-0.3, -0.25) is 0 Å². The van der Waals surface area contributed by atoms with Crippen molar-refractivity contribution in [1.82, 2.24) is 0 Å². The molecule has 0 amide bonds. The standard InChI is InChI=1S/C17H13.C9H13.C7H6.2ClH.Zr/c1-3-12-5-7-14-11-15-8-6-13(4-2)10-17(15)16(14)9-12;1-9(2,3)8-6-4-5-7-8;1-7-5-3-2-4-6-7;;;/h3-7,9-10H,1-2,11H2;6-7H,4H2,1-3H3;1-6H;2*1H;/q;;;;;+2/p-2. The van der Waals surface area contributed by atoms with E-state index in [1.807, 2.05) is 12.2 Å². The van der Waals surface area contributed by atoms with Crippen molar-refractivity contribution in [2.24, 2.45) is 5.41 Å². The molecule has 5 rings (SSSR count). The number of rotatable bonds is 5. The van der Waals surface area contributed by atoms with E-state index in [0.717, 1.165) is 12.8 Å². The van der Waals surface area contributed by atoms with Gasteiger partial charge in [0.05, 0.1) is 0 Å². The van der Waals surface area contributed by atoms with Gasteiger partial charge < -0.3 is 24.8 Å². The fourth-order valence-corrected chi connectivity index (χ4v) is 11.8.